The Morgan fingerprint density at radius 3 is 2.76 bits per heavy atom. The summed E-state index contributed by atoms with van der Waals surface area (Å²) in [7, 11) is 0. The topological polar surface area (TPSA) is 113 Å². The summed E-state index contributed by atoms with van der Waals surface area (Å²) < 4.78 is 33.7. The zero-order valence-corrected chi connectivity index (χ0v) is 20.9. The number of ketones is 1. The largest absolute Gasteiger partial charge is 0.490 e. The zero-order valence-electron chi connectivity index (χ0n) is 20.9. The third kappa shape index (κ3) is 6.33. The standard InChI is InChI=1S/C28H27F2N5O3/c1-2-26-33-14-20-11-18(13-25(27(20)34-26)38-10-9-31)5-3-4-6-24(36)21-15-32-17-35(28(21)37)16-19-7-8-22(29)23(30)12-19/h3,5,7-8,11-15,17H,2,4,6,9-10,16,31H2,1H3/b5-3+. The summed E-state index contributed by atoms with van der Waals surface area (Å²) in [6.45, 7) is 2.66. The number of carbonyl (C=O) groups excluding carboxylic acids is 1. The Balaban J connectivity index is 1.45. The van der Waals surface area contributed by atoms with Crippen LogP contribution in [0.25, 0.3) is 17.0 Å². The van der Waals surface area contributed by atoms with Crippen molar-refractivity contribution in [2.75, 3.05) is 13.2 Å². The smallest absolute Gasteiger partial charge is 0.264 e. The van der Waals surface area contributed by atoms with E-state index in [1.807, 2.05) is 31.2 Å². The van der Waals surface area contributed by atoms with Crippen LogP contribution in [0.3, 0.4) is 0 Å². The lowest BCUT2D eigenvalue weighted by Gasteiger charge is -2.10. The van der Waals surface area contributed by atoms with Crippen LogP contribution in [0.1, 0.15) is 47.1 Å². The highest BCUT2D eigenvalue weighted by Gasteiger charge is 2.13. The van der Waals surface area contributed by atoms with Crippen molar-refractivity contribution in [2.45, 2.75) is 32.7 Å². The average Bonchev–Trinajstić information content (AvgIpc) is 2.92. The van der Waals surface area contributed by atoms with Crippen molar-refractivity contribution in [2.24, 2.45) is 5.73 Å². The van der Waals surface area contributed by atoms with E-state index in [-0.39, 0.29) is 24.3 Å². The van der Waals surface area contributed by atoms with Gasteiger partial charge in [0.15, 0.2) is 17.4 Å². The van der Waals surface area contributed by atoms with Gasteiger partial charge in [-0.2, -0.15) is 0 Å². The summed E-state index contributed by atoms with van der Waals surface area (Å²) in [5, 5.41) is 0.824. The van der Waals surface area contributed by atoms with Gasteiger partial charge < -0.3 is 10.5 Å². The van der Waals surface area contributed by atoms with E-state index < -0.39 is 17.2 Å². The number of aromatic nitrogens is 4. The van der Waals surface area contributed by atoms with E-state index in [2.05, 4.69) is 15.0 Å². The fourth-order valence-corrected chi connectivity index (χ4v) is 3.87. The lowest BCUT2D eigenvalue weighted by molar-refractivity contribution is 0.0981. The Labute approximate surface area is 217 Å². The first kappa shape index (κ1) is 26.7. The molecule has 0 bridgehead atoms. The highest BCUT2D eigenvalue weighted by Crippen LogP contribution is 2.27. The molecule has 4 rings (SSSR count). The van der Waals surface area contributed by atoms with Crippen molar-refractivity contribution in [3.8, 4) is 5.75 Å². The van der Waals surface area contributed by atoms with E-state index in [4.69, 9.17) is 10.5 Å². The second-order valence-corrected chi connectivity index (χ2v) is 8.59. The Kier molecular flexibility index (Phi) is 8.65. The maximum atomic E-state index is 13.5. The molecular weight excluding hydrogens is 492 g/mol. The van der Waals surface area contributed by atoms with Gasteiger partial charge in [0, 0.05) is 37.2 Å². The highest BCUT2D eigenvalue weighted by molar-refractivity contribution is 5.95. The SMILES string of the molecule is CCc1ncc2cc(/C=C/CCC(=O)c3cncn(Cc4ccc(F)c(F)c4)c3=O)cc(OCCN)c2n1. The summed E-state index contributed by atoms with van der Waals surface area (Å²) in [4.78, 5) is 38.4. The first-order valence-electron chi connectivity index (χ1n) is 12.2. The summed E-state index contributed by atoms with van der Waals surface area (Å²) in [6, 6.07) is 7.16. The lowest BCUT2D eigenvalue weighted by Crippen LogP contribution is -2.27. The normalized spacial score (nSPS) is 11.4. The quantitative estimate of drug-likeness (QED) is 0.297. The molecule has 4 aromatic rings. The van der Waals surface area contributed by atoms with Crippen LogP contribution in [0.4, 0.5) is 8.78 Å². The molecule has 0 saturated heterocycles. The molecule has 0 aliphatic rings. The predicted molar refractivity (Wildman–Crippen MR) is 140 cm³/mol. The maximum Gasteiger partial charge on any atom is 0.264 e. The van der Waals surface area contributed by atoms with Crippen LogP contribution < -0.4 is 16.0 Å². The summed E-state index contributed by atoms with van der Waals surface area (Å²) in [5.41, 5.74) is 6.94. The Bertz CT molecular complexity index is 1550. The monoisotopic (exact) mass is 519 g/mol. The highest BCUT2D eigenvalue weighted by atomic mass is 19.2. The van der Waals surface area contributed by atoms with E-state index in [0.29, 0.717) is 42.8 Å². The Morgan fingerprint density at radius 1 is 1.16 bits per heavy atom. The number of hydrogen-bond donors (Lipinski definition) is 1. The van der Waals surface area contributed by atoms with Crippen molar-refractivity contribution in [1.29, 1.82) is 0 Å². The number of hydrogen-bond acceptors (Lipinski definition) is 7. The van der Waals surface area contributed by atoms with Gasteiger partial charge in [0.1, 0.15) is 29.3 Å². The van der Waals surface area contributed by atoms with Crippen LogP contribution in [-0.2, 0) is 13.0 Å². The molecule has 2 aromatic heterocycles. The molecule has 0 fully saturated rings. The van der Waals surface area contributed by atoms with Crippen LogP contribution >= 0.6 is 0 Å². The number of nitrogens with zero attached hydrogens (tertiary/aromatic N) is 4. The van der Waals surface area contributed by atoms with Crippen molar-refractivity contribution in [1.82, 2.24) is 19.5 Å². The van der Waals surface area contributed by atoms with Crippen LogP contribution in [0.5, 0.6) is 5.75 Å². The molecule has 38 heavy (non-hydrogen) atoms. The molecule has 2 heterocycles. The number of fused-ring (bicyclic) bond motifs is 1. The van der Waals surface area contributed by atoms with Crippen LogP contribution in [-0.4, -0.2) is 38.5 Å². The van der Waals surface area contributed by atoms with Gasteiger partial charge >= 0.3 is 0 Å². The van der Waals surface area contributed by atoms with E-state index in [9.17, 15) is 18.4 Å². The van der Waals surface area contributed by atoms with E-state index in [0.717, 1.165) is 28.9 Å². The first-order valence-corrected chi connectivity index (χ1v) is 12.2. The molecule has 0 saturated carbocycles. The minimum atomic E-state index is -1.01. The van der Waals surface area contributed by atoms with Gasteiger partial charge in [-0.05, 0) is 41.8 Å². The third-order valence-electron chi connectivity index (χ3n) is 5.80. The number of ether oxygens (including phenoxy) is 1. The molecule has 8 nitrogen and oxygen atoms in total. The van der Waals surface area contributed by atoms with Gasteiger partial charge in [0.05, 0.1) is 12.9 Å². The first-order chi connectivity index (χ1) is 18.4. The summed E-state index contributed by atoms with van der Waals surface area (Å²) in [5.74, 6) is -1.02. The minimum Gasteiger partial charge on any atom is -0.490 e. The van der Waals surface area contributed by atoms with Gasteiger partial charge in [0.25, 0.3) is 5.56 Å². The minimum absolute atomic E-state index is 0.0377. The molecule has 196 valence electrons. The predicted octanol–water partition coefficient (Wildman–Crippen LogP) is 4.09. The molecule has 0 aliphatic heterocycles. The van der Waals surface area contributed by atoms with E-state index >= 15 is 0 Å². The number of allylic oxidation sites excluding steroid dienone is 1. The summed E-state index contributed by atoms with van der Waals surface area (Å²) in [6.07, 6.45) is 9.13. The molecule has 0 aliphatic carbocycles. The summed E-state index contributed by atoms with van der Waals surface area (Å²) >= 11 is 0. The lowest BCUT2D eigenvalue weighted by atomic mass is 10.1. The molecule has 0 radical (unpaired) electrons. The molecule has 10 heteroatoms. The zero-order chi connectivity index (χ0) is 27.1. The number of benzene rings is 2. The van der Waals surface area contributed by atoms with Crippen LogP contribution in [0.15, 0.2) is 59.9 Å². The van der Waals surface area contributed by atoms with Gasteiger partial charge in [-0.3, -0.25) is 14.2 Å². The van der Waals surface area contributed by atoms with Crippen molar-refractivity contribution < 1.29 is 18.3 Å². The number of Topliss-reactive ketones (excluding diaryl/α,β-unsaturated/α-hetero) is 1. The number of aryl methyl sites for hydroxylation is 1. The third-order valence-corrected chi connectivity index (χ3v) is 5.80. The van der Waals surface area contributed by atoms with Gasteiger partial charge in [-0.25, -0.2) is 23.7 Å². The molecule has 0 atom stereocenters. The molecule has 0 unspecified atom stereocenters. The second kappa shape index (κ2) is 12.3. The molecule has 2 N–H and O–H groups in total. The fourth-order valence-electron chi connectivity index (χ4n) is 3.87. The average molecular weight is 520 g/mol. The van der Waals surface area contributed by atoms with Crippen molar-refractivity contribution >= 4 is 22.8 Å². The number of halogens is 2. The van der Waals surface area contributed by atoms with Crippen molar-refractivity contribution in [3.05, 3.63) is 99.6 Å². The molecular formula is C28H27F2N5O3. The van der Waals surface area contributed by atoms with Gasteiger partial charge in [-0.15, -0.1) is 0 Å². The Morgan fingerprint density at radius 2 is 2.00 bits per heavy atom. The van der Waals surface area contributed by atoms with Crippen LogP contribution in [0, 0.1) is 11.6 Å². The number of nitrogens with two attached hydrogens (primary N) is 1. The molecule has 0 amide bonds. The fraction of sp³-hybridized carbons (Fsp3) is 0.250. The number of carbonyl (C=O) groups is 1. The molecule has 2 aromatic carbocycles. The maximum absolute atomic E-state index is 13.5. The number of rotatable bonds is 11. The Hall–Kier alpha value is -4.31. The van der Waals surface area contributed by atoms with E-state index in [1.54, 1.807) is 6.20 Å². The van der Waals surface area contributed by atoms with Crippen LogP contribution in [0.2, 0.25) is 0 Å². The molecule has 0 spiro atoms. The van der Waals surface area contributed by atoms with Gasteiger partial charge in [0.2, 0.25) is 0 Å². The second-order valence-electron chi connectivity index (χ2n) is 8.59. The van der Waals surface area contributed by atoms with Gasteiger partial charge in [-0.1, -0.05) is 25.1 Å². The van der Waals surface area contributed by atoms with E-state index in [1.165, 1.54) is 23.2 Å². The van der Waals surface area contributed by atoms with Crippen molar-refractivity contribution in [3.63, 3.8) is 0 Å².